The number of hydrogen-bond donors (Lipinski definition) is 1. The van der Waals surface area contributed by atoms with E-state index in [9.17, 15) is 9.59 Å². The van der Waals surface area contributed by atoms with Crippen LogP contribution in [0.2, 0.25) is 0 Å². The molecule has 1 fully saturated rings. The lowest BCUT2D eigenvalue weighted by Crippen LogP contribution is -2.38. The van der Waals surface area contributed by atoms with Gasteiger partial charge >= 0.3 is 0 Å². The number of benzene rings is 1. The number of nitrogens with zero attached hydrogens (tertiary/aromatic N) is 1. The highest BCUT2D eigenvalue weighted by Crippen LogP contribution is 2.28. The van der Waals surface area contributed by atoms with Crippen LogP contribution in [0.15, 0.2) is 36.4 Å². The highest BCUT2D eigenvalue weighted by atomic mass is 32.1. The fourth-order valence-electron chi connectivity index (χ4n) is 3.36. The fourth-order valence-corrected chi connectivity index (χ4v) is 4.25. The number of thiophene rings is 1. The molecule has 3 rings (SSSR count). The Hall–Kier alpha value is -2.34. The Labute approximate surface area is 157 Å². The summed E-state index contributed by atoms with van der Waals surface area (Å²) < 4.78 is 5.34. The van der Waals surface area contributed by atoms with Gasteiger partial charge in [-0.3, -0.25) is 9.59 Å². The van der Waals surface area contributed by atoms with Gasteiger partial charge in [0, 0.05) is 21.4 Å². The molecule has 138 valence electrons. The van der Waals surface area contributed by atoms with E-state index < -0.39 is 5.91 Å². The number of carbonyl (C=O) groups excluding carboxylic acids is 2. The van der Waals surface area contributed by atoms with E-state index in [-0.39, 0.29) is 18.6 Å². The monoisotopic (exact) mass is 372 g/mol. The molecule has 0 spiro atoms. The Morgan fingerprint density at radius 3 is 2.65 bits per heavy atom. The molecule has 0 unspecified atom stereocenters. The van der Waals surface area contributed by atoms with Gasteiger partial charge in [0.15, 0.2) is 6.61 Å². The van der Waals surface area contributed by atoms with Crippen molar-refractivity contribution >= 4 is 23.2 Å². The highest BCUT2D eigenvalue weighted by molar-refractivity contribution is 7.11. The first-order chi connectivity index (χ1) is 12.5. The minimum absolute atomic E-state index is 0.00692. The Balaban J connectivity index is 1.80. The molecule has 0 atom stereocenters. The van der Waals surface area contributed by atoms with Crippen LogP contribution < -0.4 is 10.5 Å². The van der Waals surface area contributed by atoms with Gasteiger partial charge in [0.2, 0.25) is 0 Å². The predicted molar refractivity (Wildman–Crippen MR) is 102 cm³/mol. The molecule has 26 heavy (non-hydrogen) atoms. The summed E-state index contributed by atoms with van der Waals surface area (Å²) in [6.07, 6.45) is 4.43. The molecule has 1 heterocycles. The van der Waals surface area contributed by atoms with Crippen LogP contribution in [0.4, 0.5) is 0 Å². The van der Waals surface area contributed by atoms with Gasteiger partial charge in [0.1, 0.15) is 5.75 Å². The molecule has 2 aromatic rings. The number of amides is 2. The first-order valence-corrected chi connectivity index (χ1v) is 9.72. The van der Waals surface area contributed by atoms with Crippen molar-refractivity contribution in [3.8, 4) is 5.75 Å². The zero-order valence-electron chi connectivity index (χ0n) is 14.9. The third kappa shape index (κ3) is 4.64. The maximum Gasteiger partial charge on any atom is 0.255 e. The molecule has 1 saturated carbocycles. The lowest BCUT2D eigenvalue weighted by atomic mass is 10.1. The summed E-state index contributed by atoms with van der Waals surface area (Å²) in [6, 6.07) is 11.4. The third-order valence-corrected chi connectivity index (χ3v) is 5.60. The normalized spacial score (nSPS) is 14.3. The van der Waals surface area contributed by atoms with Crippen LogP contribution in [0, 0.1) is 6.92 Å². The summed E-state index contributed by atoms with van der Waals surface area (Å²) in [4.78, 5) is 28.6. The molecule has 2 N–H and O–H groups in total. The van der Waals surface area contributed by atoms with E-state index in [1.54, 1.807) is 35.6 Å². The van der Waals surface area contributed by atoms with E-state index in [4.69, 9.17) is 10.5 Å². The summed E-state index contributed by atoms with van der Waals surface area (Å²) in [5.41, 5.74) is 5.70. The van der Waals surface area contributed by atoms with Crippen molar-refractivity contribution in [2.24, 2.45) is 5.73 Å². The standard InChI is InChI=1S/C20H24N2O3S/c1-14-9-10-18(26-14)12-22(16-6-2-3-7-16)20(24)15-5-4-8-17(11-15)25-13-19(21)23/h4-5,8-11,16H,2-3,6-7,12-13H2,1H3,(H2,21,23). The zero-order chi connectivity index (χ0) is 18.5. The topological polar surface area (TPSA) is 72.6 Å². The summed E-state index contributed by atoms with van der Waals surface area (Å²) >= 11 is 1.73. The molecule has 1 aromatic heterocycles. The van der Waals surface area contributed by atoms with E-state index in [0.29, 0.717) is 17.9 Å². The molecule has 6 heteroatoms. The molecule has 1 aromatic carbocycles. The van der Waals surface area contributed by atoms with Gasteiger partial charge in [-0.15, -0.1) is 11.3 Å². The Morgan fingerprint density at radius 1 is 1.23 bits per heavy atom. The Morgan fingerprint density at radius 2 is 2.00 bits per heavy atom. The largest absolute Gasteiger partial charge is 0.484 e. The van der Waals surface area contributed by atoms with Crippen LogP contribution in [-0.4, -0.2) is 29.4 Å². The summed E-state index contributed by atoms with van der Waals surface area (Å²) in [5.74, 6) is -0.0529. The van der Waals surface area contributed by atoms with Crippen LogP contribution >= 0.6 is 11.3 Å². The van der Waals surface area contributed by atoms with Crippen molar-refractivity contribution in [3.05, 3.63) is 51.7 Å². The van der Waals surface area contributed by atoms with Crippen molar-refractivity contribution in [1.29, 1.82) is 0 Å². The van der Waals surface area contributed by atoms with Crippen LogP contribution in [0.1, 0.15) is 45.8 Å². The minimum atomic E-state index is -0.539. The average Bonchev–Trinajstić information content (AvgIpc) is 3.29. The third-order valence-electron chi connectivity index (χ3n) is 4.61. The van der Waals surface area contributed by atoms with E-state index in [2.05, 4.69) is 19.1 Å². The van der Waals surface area contributed by atoms with Crippen molar-refractivity contribution in [2.75, 3.05) is 6.61 Å². The number of hydrogen-bond acceptors (Lipinski definition) is 4. The first kappa shape index (κ1) is 18.5. The molecule has 2 amide bonds. The molecule has 0 saturated heterocycles. The Kier molecular flexibility index (Phi) is 5.93. The van der Waals surface area contributed by atoms with Crippen molar-refractivity contribution in [2.45, 2.75) is 45.2 Å². The van der Waals surface area contributed by atoms with Crippen LogP contribution in [0.25, 0.3) is 0 Å². The molecular weight excluding hydrogens is 348 g/mol. The van der Waals surface area contributed by atoms with Gasteiger partial charge in [-0.2, -0.15) is 0 Å². The predicted octanol–water partition coefficient (Wildman–Crippen LogP) is 3.51. The number of rotatable bonds is 7. The number of ether oxygens (including phenoxy) is 1. The van der Waals surface area contributed by atoms with E-state index >= 15 is 0 Å². The maximum absolute atomic E-state index is 13.2. The number of carbonyl (C=O) groups is 2. The van der Waals surface area contributed by atoms with Crippen LogP contribution in [-0.2, 0) is 11.3 Å². The summed E-state index contributed by atoms with van der Waals surface area (Å²) in [6.45, 7) is 2.52. The van der Waals surface area contributed by atoms with Gasteiger partial charge in [-0.05, 0) is 50.1 Å². The lowest BCUT2D eigenvalue weighted by molar-refractivity contribution is -0.119. The van der Waals surface area contributed by atoms with Gasteiger partial charge < -0.3 is 15.4 Å². The van der Waals surface area contributed by atoms with Gasteiger partial charge in [0.25, 0.3) is 11.8 Å². The van der Waals surface area contributed by atoms with Crippen LogP contribution in [0.5, 0.6) is 5.75 Å². The minimum Gasteiger partial charge on any atom is -0.484 e. The summed E-state index contributed by atoms with van der Waals surface area (Å²) in [5, 5.41) is 0. The SMILES string of the molecule is Cc1ccc(CN(C(=O)c2cccc(OCC(N)=O)c2)C2CCCC2)s1. The average molecular weight is 372 g/mol. The van der Waals surface area contributed by atoms with E-state index in [1.807, 2.05) is 4.90 Å². The number of nitrogens with two attached hydrogens (primary N) is 1. The van der Waals surface area contributed by atoms with Crippen molar-refractivity contribution in [3.63, 3.8) is 0 Å². The van der Waals surface area contributed by atoms with Crippen molar-refractivity contribution < 1.29 is 14.3 Å². The summed E-state index contributed by atoms with van der Waals surface area (Å²) in [7, 11) is 0. The molecule has 1 aliphatic carbocycles. The quantitative estimate of drug-likeness (QED) is 0.808. The molecule has 5 nitrogen and oxygen atoms in total. The lowest BCUT2D eigenvalue weighted by Gasteiger charge is -2.29. The number of aryl methyl sites for hydroxylation is 1. The highest BCUT2D eigenvalue weighted by Gasteiger charge is 2.28. The zero-order valence-corrected chi connectivity index (χ0v) is 15.8. The second-order valence-corrected chi connectivity index (χ2v) is 8.04. The van der Waals surface area contributed by atoms with Gasteiger partial charge in [-0.1, -0.05) is 18.9 Å². The van der Waals surface area contributed by atoms with Crippen LogP contribution in [0.3, 0.4) is 0 Å². The van der Waals surface area contributed by atoms with E-state index in [0.717, 1.165) is 12.8 Å². The Bertz CT molecular complexity index is 781. The second-order valence-electron chi connectivity index (χ2n) is 6.67. The smallest absolute Gasteiger partial charge is 0.255 e. The fraction of sp³-hybridized carbons (Fsp3) is 0.400. The second kappa shape index (κ2) is 8.36. The van der Waals surface area contributed by atoms with E-state index in [1.165, 1.54) is 22.6 Å². The molecular formula is C20H24N2O3S. The molecule has 0 bridgehead atoms. The maximum atomic E-state index is 13.2. The number of primary amides is 1. The molecule has 0 radical (unpaired) electrons. The van der Waals surface area contributed by atoms with Crippen molar-refractivity contribution in [1.82, 2.24) is 4.90 Å². The van der Waals surface area contributed by atoms with Gasteiger partial charge in [0.05, 0.1) is 6.54 Å². The first-order valence-electron chi connectivity index (χ1n) is 8.90. The molecule has 0 aliphatic heterocycles. The molecule has 1 aliphatic rings. The van der Waals surface area contributed by atoms with Gasteiger partial charge in [-0.25, -0.2) is 0 Å².